The van der Waals surface area contributed by atoms with Gasteiger partial charge in [-0.2, -0.15) is 0 Å². The van der Waals surface area contributed by atoms with Crippen LogP contribution in [0.4, 0.5) is 16.2 Å². The second kappa shape index (κ2) is 7.07. The van der Waals surface area contributed by atoms with Gasteiger partial charge >= 0.3 is 6.03 Å². The lowest BCUT2D eigenvalue weighted by Crippen LogP contribution is -2.39. The van der Waals surface area contributed by atoms with Crippen molar-refractivity contribution in [2.75, 3.05) is 50.5 Å². The van der Waals surface area contributed by atoms with Crippen LogP contribution in [0, 0.1) is 5.92 Å². The third-order valence-electron chi connectivity index (χ3n) is 4.51. The number of hydrogen-bond donors (Lipinski definition) is 1. The highest BCUT2D eigenvalue weighted by Crippen LogP contribution is 2.31. The fourth-order valence-electron chi connectivity index (χ4n) is 2.87. The number of aromatic nitrogens is 1. The molecule has 1 aromatic rings. The van der Waals surface area contributed by atoms with Crippen molar-refractivity contribution in [3.8, 4) is 0 Å². The van der Waals surface area contributed by atoms with E-state index in [9.17, 15) is 9.59 Å². The molecule has 0 radical (unpaired) electrons. The van der Waals surface area contributed by atoms with Crippen LogP contribution in [0.5, 0.6) is 0 Å². The van der Waals surface area contributed by atoms with Gasteiger partial charge in [0.15, 0.2) is 0 Å². The second-order valence-corrected chi connectivity index (χ2v) is 6.70. The minimum atomic E-state index is -0.131. The zero-order valence-corrected chi connectivity index (χ0v) is 14.4. The maximum atomic E-state index is 12.5. The van der Waals surface area contributed by atoms with Crippen molar-refractivity contribution < 1.29 is 9.59 Å². The Kier molecular flexibility index (Phi) is 4.87. The lowest BCUT2D eigenvalue weighted by atomic mass is 10.3. The maximum absolute atomic E-state index is 12.5. The Morgan fingerprint density at radius 1 is 1.12 bits per heavy atom. The van der Waals surface area contributed by atoms with Crippen molar-refractivity contribution >= 4 is 23.3 Å². The smallest absolute Gasteiger partial charge is 0.321 e. The Labute approximate surface area is 142 Å². The summed E-state index contributed by atoms with van der Waals surface area (Å²) in [7, 11) is 3.87. The summed E-state index contributed by atoms with van der Waals surface area (Å²) in [6.07, 6.45) is 6.26. The molecule has 3 amide bonds. The Hall–Kier alpha value is -2.31. The quantitative estimate of drug-likeness (QED) is 0.914. The molecule has 130 valence electrons. The van der Waals surface area contributed by atoms with Crippen LogP contribution in [-0.4, -0.2) is 67.0 Å². The summed E-state index contributed by atoms with van der Waals surface area (Å²) in [4.78, 5) is 34.5. The fraction of sp³-hybridized carbons (Fsp3) is 0.588. The number of anilines is 2. The monoisotopic (exact) mass is 331 g/mol. The molecule has 1 saturated carbocycles. The molecule has 1 aromatic heterocycles. The zero-order chi connectivity index (χ0) is 17.1. The van der Waals surface area contributed by atoms with Crippen molar-refractivity contribution in [1.82, 2.24) is 14.8 Å². The Balaban J connectivity index is 1.57. The lowest BCUT2D eigenvalue weighted by molar-refractivity contribution is -0.132. The first-order valence-electron chi connectivity index (χ1n) is 8.51. The molecule has 1 N–H and O–H groups in total. The van der Waals surface area contributed by atoms with E-state index in [-0.39, 0.29) is 17.9 Å². The number of urea groups is 1. The summed E-state index contributed by atoms with van der Waals surface area (Å²) in [6, 6.07) is 1.76. The largest absolute Gasteiger partial charge is 0.376 e. The molecule has 3 rings (SSSR count). The maximum Gasteiger partial charge on any atom is 0.321 e. The van der Waals surface area contributed by atoms with E-state index in [0.717, 1.165) is 31.5 Å². The SMILES string of the molecule is CN(C)c1cncc(NC(=O)N2CCCN(C(=O)C3CC3)CC2)c1. The van der Waals surface area contributed by atoms with E-state index in [0.29, 0.717) is 25.3 Å². The van der Waals surface area contributed by atoms with E-state index in [2.05, 4.69) is 10.3 Å². The molecule has 1 saturated heterocycles. The normalized spacial score (nSPS) is 18.1. The molecule has 2 fully saturated rings. The van der Waals surface area contributed by atoms with Gasteiger partial charge in [0.1, 0.15) is 0 Å². The van der Waals surface area contributed by atoms with E-state index in [1.807, 2.05) is 30.0 Å². The number of rotatable bonds is 3. The first-order chi connectivity index (χ1) is 11.5. The zero-order valence-electron chi connectivity index (χ0n) is 14.4. The summed E-state index contributed by atoms with van der Waals surface area (Å²) in [6.45, 7) is 2.61. The van der Waals surface area contributed by atoms with Crippen LogP contribution in [0.1, 0.15) is 19.3 Å². The van der Waals surface area contributed by atoms with E-state index < -0.39 is 0 Å². The van der Waals surface area contributed by atoms with Crippen molar-refractivity contribution in [3.05, 3.63) is 18.5 Å². The molecule has 2 heterocycles. The van der Waals surface area contributed by atoms with Crippen molar-refractivity contribution in [3.63, 3.8) is 0 Å². The first kappa shape index (κ1) is 16.5. The van der Waals surface area contributed by atoms with Gasteiger partial charge in [-0.3, -0.25) is 9.78 Å². The molecule has 24 heavy (non-hydrogen) atoms. The van der Waals surface area contributed by atoms with Crippen LogP contribution in [0.25, 0.3) is 0 Å². The highest BCUT2D eigenvalue weighted by molar-refractivity contribution is 5.89. The Morgan fingerprint density at radius 3 is 2.54 bits per heavy atom. The first-order valence-corrected chi connectivity index (χ1v) is 8.51. The average Bonchev–Trinajstić information content (AvgIpc) is 3.41. The third-order valence-corrected chi connectivity index (χ3v) is 4.51. The van der Waals surface area contributed by atoms with E-state index in [1.165, 1.54) is 0 Å². The molecule has 0 atom stereocenters. The summed E-state index contributed by atoms with van der Waals surface area (Å²) in [5.41, 5.74) is 1.62. The predicted molar refractivity (Wildman–Crippen MR) is 93.1 cm³/mol. The standard InChI is InChI=1S/C17H25N5O2/c1-20(2)15-10-14(11-18-12-15)19-17(24)22-7-3-6-21(8-9-22)16(23)13-4-5-13/h10-13H,3-9H2,1-2H3,(H,19,24). The van der Waals surface area contributed by atoms with Gasteiger partial charge in [0.2, 0.25) is 5.91 Å². The van der Waals surface area contributed by atoms with Crippen LogP contribution in [-0.2, 0) is 4.79 Å². The summed E-state index contributed by atoms with van der Waals surface area (Å²) in [5.74, 6) is 0.505. The van der Waals surface area contributed by atoms with Crippen LogP contribution >= 0.6 is 0 Å². The van der Waals surface area contributed by atoms with Gasteiger partial charge < -0.3 is 20.0 Å². The lowest BCUT2D eigenvalue weighted by Gasteiger charge is -2.22. The van der Waals surface area contributed by atoms with Crippen molar-refractivity contribution in [2.24, 2.45) is 5.92 Å². The molecule has 0 aromatic carbocycles. The molecule has 1 aliphatic carbocycles. The number of pyridine rings is 1. The van der Waals surface area contributed by atoms with Gasteiger partial charge in [0.05, 0.1) is 23.8 Å². The van der Waals surface area contributed by atoms with Crippen molar-refractivity contribution in [2.45, 2.75) is 19.3 Å². The van der Waals surface area contributed by atoms with Crippen LogP contribution < -0.4 is 10.2 Å². The number of nitrogens with one attached hydrogen (secondary N) is 1. The van der Waals surface area contributed by atoms with E-state index in [1.54, 1.807) is 17.3 Å². The summed E-state index contributed by atoms with van der Waals surface area (Å²) < 4.78 is 0. The van der Waals surface area contributed by atoms with Crippen LogP contribution in [0.15, 0.2) is 18.5 Å². The molecular formula is C17H25N5O2. The van der Waals surface area contributed by atoms with Gasteiger partial charge in [0, 0.05) is 46.2 Å². The highest BCUT2D eigenvalue weighted by Gasteiger charge is 2.34. The van der Waals surface area contributed by atoms with Gasteiger partial charge in [-0.15, -0.1) is 0 Å². The van der Waals surface area contributed by atoms with Gasteiger partial charge in [-0.05, 0) is 25.3 Å². The molecule has 0 unspecified atom stereocenters. The van der Waals surface area contributed by atoms with E-state index >= 15 is 0 Å². The van der Waals surface area contributed by atoms with E-state index in [4.69, 9.17) is 0 Å². The number of nitrogens with zero attached hydrogens (tertiary/aromatic N) is 4. The Morgan fingerprint density at radius 2 is 1.83 bits per heavy atom. The van der Waals surface area contributed by atoms with Crippen LogP contribution in [0.3, 0.4) is 0 Å². The Bertz CT molecular complexity index is 615. The fourth-order valence-corrected chi connectivity index (χ4v) is 2.87. The molecule has 0 bridgehead atoms. The minimum absolute atomic E-state index is 0.131. The predicted octanol–water partition coefficient (Wildman–Crippen LogP) is 1.62. The number of carbonyl (C=O) groups excluding carboxylic acids is 2. The number of carbonyl (C=O) groups is 2. The molecule has 2 aliphatic rings. The molecular weight excluding hydrogens is 306 g/mol. The van der Waals surface area contributed by atoms with Crippen LogP contribution in [0.2, 0.25) is 0 Å². The third kappa shape index (κ3) is 3.96. The molecule has 7 heteroatoms. The summed E-state index contributed by atoms with van der Waals surface area (Å²) >= 11 is 0. The summed E-state index contributed by atoms with van der Waals surface area (Å²) in [5, 5.41) is 2.91. The number of hydrogen-bond acceptors (Lipinski definition) is 4. The van der Waals surface area contributed by atoms with Gasteiger partial charge in [-0.25, -0.2) is 4.79 Å². The van der Waals surface area contributed by atoms with Crippen molar-refractivity contribution in [1.29, 1.82) is 0 Å². The molecule has 0 spiro atoms. The number of amides is 3. The van der Waals surface area contributed by atoms with Gasteiger partial charge in [-0.1, -0.05) is 0 Å². The topological polar surface area (TPSA) is 68.8 Å². The minimum Gasteiger partial charge on any atom is -0.376 e. The van der Waals surface area contributed by atoms with Gasteiger partial charge in [0.25, 0.3) is 0 Å². The second-order valence-electron chi connectivity index (χ2n) is 6.70. The average molecular weight is 331 g/mol. The highest BCUT2D eigenvalue weighted by atomic mass is 16.2. The molecule has 7 nitrogen and oxygen atoms in total. The molecule has 1 aliphatic heterocycles.